The Morgan fingerprint density at radius 3 is 2.65 bits per heavy atom. The number of unbranched alkanes of at least 4 members (excludes halogenated alkanes) is 5. The molecule has 1 N–H and O–H groups in total. The average molecular weight is 256 g/mol. The van der Waals surface area contributed by atoms with Gasteiger partial charge in [0.2, 0.25) is 5.28 Å². The van der Waals surface area contributed by atoms with E-state index in [1.165, 1.54) is 38.5 Å². The van der Waals surface area contributed by atoms with Crippen LogP contribution >= 0.6 is 11.6 Å². The normalized spacial score (nSPS) is 10.5. The molecule has 0 bridgehead atoms. The molecule has 4 heteroatoms. The van der Waals surface area contributed by atoms with Crippen LogP contribution in [0.3, 0.4) is 0 Å². The van der Waals surface area contributed by atoms with E-state index < -0.39 is 0 Å². The van der Waals surface area contributed by atoms with Crippen molar-refractivity contribution in [3.63, 3.8) is 0 Å². The van der Waals surface area contributed by atoms with E-state index in [4.69, 9.17) is 11.6 Å². The molecule has 3 nitrogen and oxygen atoms in total. The predicted molar refractivity (Wildman–Crippen MR) is 73.6 cm³/mol. The van der Waals surface area contributed by atoms with Crippen LogP contribution in [0, 0.1) is 6.92 Å². The largest absolute Gasteiger partial charge is 0.370 e. The molecule has 0 spiro atoms. The van der Waals surface area contributed by atoms with Crippen molar-refractivity contribution >= 4 is 17.4 Å². The van der Waals surface area contributed by atoms with Gasteiger partial charge < -0.3 is 5.32 Å². The van der Waals surface area contributed by atoms with Crippen molar-refractivity contribution < 1.29 is 0 Å². The third kappa shape index (κ3) is 5.87. The predicted octanol–water partition coefficient (Wildman–Crippen LogP) is 4.21. The average Bonchev–Trinajstić information content (AvgIpc) is 2.32. The summed E-state index contributed by atoms with van der Waals surface area (Å²) in [5, 5.41) is 3.62. The first-order valence-corrected chi connectivity index (χ1v) is 6.85. The molecule has 1 heterocycles. The zero-order valence-corrected chi connectivity index (χ0v) is 11.6. The van der Waals surface area contributed by atoms with Crippen molar-refractivity contribution in [2.24, 2.45) is 0 Å². The molecular weight excluding hydrogens is 234 g/mol. The summed E-state index contributed by atoms with van der Waals surface area (Å²) in [7, 11) is 0. The first kappa shape index (κ1) is 14.2. The summed E-state index contributed by atoms with van der Waals surface area (Å²) in [5.74, 6) is 0.860. The van der Waals surface area contributed by atoms with Gasteiger partial charge in [-0.25, -0.2) is 9.97 Å². The molecule has 0 aliphatic rings. The topological polar surface area (TPSA) is 37.8 Å². The number of hydrogen-bond acceptors (Lipinski definition) is 3. The summed E-state index contributed by atoms with van der Waals surface area (Å²) < 4.78 is 0. The first-order chi connectivity index (χ1) is 8.24. The summed E-state index contributed by atoms with van der Waals surface area (Å²) in [6.45, 7) is 5.18. The highest BCUT2D eigenvalue weighted by molar-refractivity contribution is 6.28. The maximum atomic E-state index is 5.75. The minimum absolute atomic E-state index is 0.307. The van der Waals surface area contributed by atoms with Gasteiger partial charge in [-0.05, 0) is 24.9 Å². The molecule has 0 fully saturated rings. The van der Waals surface area contributed by atoms with Gasteiger partial charge in [-0.3, -0.25) is 0 Å². The number of anilines is 1. The summed E-state index contributed by atoms with van der Waals surface area (Å²) >= 11 is 5.75. The highest BCUT2D eigenvalue weighted by Crippen LogP contribution is 2.13. The van der Waals surface area contributed by atoms with Gasteiger partial charge in [-0.1, -0.05) is 39.0 Å². The van der Waals surface area contributed by atoms with Crippen LogP contribution in [-0.2, 0) is 0 Å². The van der Waals surface area contributed by atoms with E-state index in [2.05, 4.69) is 22.2 Å². The Bertz CT molecular complexity index is 328. The molecule has 96 valence electrons. The van der Waals surface area contributed by atoms with Crippen LogP contribution in [0.4, 0.5) is 5.82 Å². The van der Waals surface area contributed by atoms with E-state index in [1.54, 1.807) is 6.20 Å². The lowest BCUT2D eigenvalue weighted by molar-refractivity contribution is 0.616. The summed E-state index contributed by atoms with van der Waals surface area (Å²) in [5.41, 5.74) is 1.04. The third-order valence-corrected chi connectivity index (χ3v) is 2.95. The van der Waals surface area contributed by atoms with Gasteiger partial charge in [0.05, 0.1) is 0 Å². The van der Waals surface area contributed by atoms with E-state index in [-0.39, 0.29) is 0 Å². The first-order valence-electron chi connectivity index (χ1n) is 6.47. The molecule has 1 aromatic heterocycles. The van der Waals surface area contributed by atoms with E-state index in [1.807, 2.05) is 6.92 Å². The van der Waals surface area contributed by atoms with Gasteiger partial charge in [0.25, 0.3) is 0 Å². The summed E-state index contributed by atoms with van der Waals surface area (Å²) in [4.78, 5) is 8.09. The van der Waals surface area contributed by atoms with Gasteiger partial charge in [-0.15, -0.1) is 0 Å². The van der Waals surface area contributed by atoms with Crippen LogP contribution in [-0.4, -0.2) is 16.5 Å². The molecule has 1 rings (SSSR count). The molecular formula is C13H22ClN3. The summed E-state index contributed by atoms with van der Waals surface area (Å²) in [6, 6.07) is 0. The van der Waals surface area contributed by atoms with Gasteiger partial charge in [-0.2, -0.15) is 0 Å². The van der Waals surface area contributed by atoms with E-state index in [0.717, 1.165) is 17.9 Å². The van der Waals surface area contributed by atoms with Gasteiger partial charge in [0.1, 0.15) is 5.82 Å². The molecule has 1 aromatic rings. The Balaban J connectivity index is 2.15. The number of aromatic nitrogens is 2. The Hall–Kier alpha value is -0.830. The second-order valence-electron chi connectivity index (χ2n) is 4.37. The monoisotopic (exact) mass is 255 g/mol. The minimum Gasteiger partial charge on any atom is -0.370 e. The second kappa shape index (κ2) is 8.29. The second-order valence-corrected chi connectivity index (χ2v) is 4.70. The molecule has 0 aliphatic heterocycles. The van der Waals surface area contributed by atoms with Crippen LogP contribution < -0.4 is 5.32 Å². The van der Waals surface area contributed by atoms with Crippen molar-refractivity contribution in [1.82, 2.24) is 9.97 Å². The lowest BCUT2D eigenvalue weighted by atomic mass is 10.1. The van der Waals surface area contributed by atoms with Crippen molar-refractivity contribution in [2.45, 2.75) is 52.4 Å². The zero-order valence-electron chi connectivity index (χ0n) is 10.8. The van der Waals surface area contributed by atoms with Crippen molar-refractivity contribution in [3.8, 4) is 0 Å². The fourth-order valence-corrected chi connectivity index (χ4v) is 1.84. The number of nitrogens with zero attached hydrogens (tertiary/aromatic N) is 2. The quantitative estimate of drug-likeness (QED) is 0.559. The van der Waals surface area contributed by atoms with E-state index in [0.29, 0.717) is 5.28 Å². The molecule has 0 aliphatic carbocycles. The molecule has 0 amide bonds. The highest BCUT2D eigenvalue weighted by atomic mass is 35.5. The number of hydrogen-bond donors (Lipinski definition) is 1. The van der Waals surface area contributed by atoms with Crippen molar-refractivity contribution in [1.29, 1.82) is 0 Å². The third-order valence-electron chi connectivity index (χ3n) is 2.77. The Labute approximate surface area is 109 Å². The Kier molecular flexibility index (Phi) is 6.94. The molecule has 17 heavy (non-hydrogen) atoms. The van der Waals surface area contributed by atoms with Crippen molar-refractivity contribution in [2.75, 3.05) is 11.9 Å². The van der Waals surface area contributed by atoms with Crippen LogP contribution in [0.15, 0.2) is 6.20 Å². The van der Waals surface area contributed by atoms with Crippen LogP contribution in [0.5, 0.6) is 0 Å². The molecule has 0 unspecified atom stereocenters. The molecule has 0 atom stereocenters. The fraction of sp³-hybridized carbons (Fsp3) is 0.692. The Morgan fingerprint density at radius 1 is 1.18 bits per heavy atom. The molecule has 0 saturated heterocycles. The van der Waals surface area contributed by atoms with Crippen LogP contribution in [0.25, 0.3) is 0 Å². The van der Waals surface area contributed by atoms with Crippen LogP contribution in [0.2, 0.25) is 5.28 Å². The lowest BCUT2D eigenvalue weighted by Crippen LogP contribution is -2.05. The SMILES string of the molecule is CCCCCCCCNc1nc(Cl)ncc1C. The molecule has 0 aromatic carbocycles. The van der Waals surface area contributed by atoms with Gasteiger partial charge >= 0.3 is 0 Å². The number of aryl methyl sites for hydroxylation is 1. The van der Waals surface area contributed by atoms with E-state index >= 15 is 0 Å². The summed E-state index contributed by atoms with van der Waals surface area (Å²) in [6.07, 6.45) is 9.56. The van der Waals surface area contributed by atoms with Crippen molar-refractivity contribution in [3.05, 3.63) is 17.0 Å². The fourth-order valence-electron chi connectivity index (χ4n) is 1.71. The smallest absolute Gasteiger partial charge is 0.224 e. The van der Waals surface area contributed by atoms with Gasteiger partial charge in [0, 0.05) is 18.3 Å². The highest BCUT2D eigenvalue weighted by Gasteiger charge is 2.00. The molecule has 0 saturated carbocycles. The van der Waals surface area contributed by atoms with Gasteiger partial charge in [0.15, 0.2) is 0 Å². The van der Waals surface area contributed by atoms with Crippen LogP contribution in [0.1, 0.15) is 51.0 Å². The standard InChI is InChI=1S/C13H22ClN3/c1-3-4-5-6-7-8-9-15-12-11(2)10-16-13(14)17-12/h10H,3-9H2,1-2H3,(H,15,16,17). The maximum absolute atomic E-state index is 5.75. The number of nitrogens with one attached hydrogen (secondary N) is 1. The number of halogens is 1. The zero-order chi connectivity index (χ0) is 12.5. The van der Waals surface area contributed by atoms with E-state index in [9.17, 15) is 0 Å². The lowest BCUT2D eigenvalue weighted by Gasteiger charge is -2.07. The Morgan fingerprint density at radius 2 is 1.88 bits per heavy atom. The molecule has 0 radical (unpaired) electrons. The maximum Gasteiger partial charge on any atom is 0.224 e. The minimum atomic E-state index is 0.307. The number of rotatable bonds is 8.